The Hall–Kier alpha value is -1.12. The number of nitrogens with one attached hydrogen (secondary N) is 1. The SMILES string of the molecule is CCC(NC)c1ccc(-c2ccc(C)cc2C)s1. The van der Waals surface area contributed by atoms with Gasteiger partial charge >= 0.3 is 0 Å². The Balaban J connectivity index is 2.34. The summed E-state index contributed by atoms with van der Waals surface area (Å²) in [6, 6.07) is 11.7. The molecule has 2 heteroatoms. The van der Waals surface area contributed by atoms with Crippen LogP contribution in [0.5, 0.6) is 0 Å². The molecule has 0 saturated heterocycles. The van der Waals surface area contributed by atoms with Gasteiger partial charge in [0.25, 0.3) is 0 Å². The molecule has 1 nitrogen and oxygen atoms in total. The predicted molar refractivity (Wildman–Crippen MR) is 81.3 cm³/mol. The van der Waals surface area contributed by atoms with Crippen molar-refractivity contribution in [3.05, 3.63) is 46.3 Å². The van der Waals surface area contributed by atoms with Crippen LogP contribution < -0.4 is 5.32 Å². The van der Waals surface area contributed by atoms with Gasteiger partial charge < -0.3 is 5.32 Å². The Kier molecular flexibility index (Phi) is 4.20. The highest BCUT2D eigenvalue weighted by atomic mass is 32.1. The van der Waals surface area contributed by atoms with Crippen LogP contribution >= 0.6 is 11.3 Å². The lowest BCUT2D eigenvalue weighted by atomic mass is 10.0. The van der Waals surface area contributed by atoms with Gasteiger partial charge in [0, 0.05) is 15.8 Å². The standard InChI is InChI=1S/C16H21NS/c1-5-14(17-4)16-9-8-15(18-16)13-7-6-11(2)10-12(13)3/h6-10,14,17H,5H2,1-4H3. The van der Waals surface area contributed by atoms with E-state index >= 15 is 0 Å². The Morgan fingerprint density at radius 3 is 2.56 bits per heavy atom. The monoisotopic (exact) mass is 259 g/mol. The third-order valence-electron chi connectivity index (χ3n) is 3.37. The van der Waals surface area contributed by atoms with Crippen molar-refractivity contribution in [3.8, 4) is 10.4 Å². The Morgan fingerprint density at radius 2 is 1.94 bits per heavy atom. The van der Waals surface area contributed by atoms with Crippen LogP contribution in [0.25, 0.3) is 10.4 Å². The van der Waals surface area contributed by atoms with E-state index in [-0.39, 0.29) is 0 Å². The lowest BCUT2D eigenvalue weighted by molar-refractivity contribution is 0.586. The molecule has 0 aliphatic carbocycles. The molecule has 18 heavy (non-hydrogen) atoms. The number of benzene rings is 1. The molecule has 2 aromatic rings. The van der Waals surface area contributed by atoms with E-state index in [0.29, 0.717) is 6.04 Å². The maximum Gasteiger partial charge on any atom is 0.0409 e. The molecule has 0 aliphatic heterocycles. The zero-order valence-electron chi connectivity index (χ0n) is 11.6. The van der Waals surface area contributed by atoms with E-state index in [1.807, 2.05) is 18.4 Å². The van der Waals surface area contributed by atoms with Crippen LogP contribution in [0.4, 0.5) is 0 Å². The zero-order valence-corrected chi connectivity index (χ0v) is 12.4. The molecule has 0 bridgehead atoms. The molecule has 1 aromatic heterocycles. The maximum atomic E-state index is 3.37. The van der Waals surface area contributed by atoms with Crippen LogP contribution in [0.2, 0.25) is 0 Å². The first-order chi connectivity index (χ1) is 8.65. The van der Waals surface area contributed by atoms with Gasteiger partial charge in [-0.1, -0.05) is 30.7 Å². The molecule has 2 rings (SSSR count). The maximum absolute atomic E-state index is 3.37. The van der Waals surface area contributed by atoms with Gasteiger partial charge in [-0.25, -0.2) is 0 Å². The van der Waals surface area contributed by atoms with Crippen molar-refractivity contribution in [1.82, 2.24) is 5.32 Å². The fraction of sp³-hybridized carbons (Fsp3) is 0.375. The number of hydrogen-bond donors (Lipinski definition) is 1. The number of aryl methyl sites for hydroxylation is 2. The Labute approximate surface area is 114 Å². The first-order valence-electron chi connectivity index (χ1n) is 6.50. The van der Waals surface area contributed by atoms with Crippen LogP contribution in [0.3, 0.4) is 0 Å². The lowest BCUT2D eigenvalue weighted by Crippen LogP contribution is -2.13. The van der Waals surface area contributed by atoms with Crippen LogP contribution in [-0.2, 0) is 0 Å². The second-order valence-corrected chi connectivity index (χ2v) is 5.89. The fourth-order valence-electron chi connectivity index (χ4n) is 2.32. The first kappa shape index (κ1) is 13.3. The molecule has 0 spiro atoms. The van der Waals surface area contributed by atoms with Crippen molar-refractivity contribution in [2.45, 2.75) is 33.2 Å². The molecule has 0 radical (unpaired) electrons. The van der Waals surface area contributed by atoms with Crippen LogP contribution in [-0.4, -0.2) is 7.05 Å². The van der Waals surface area contributed by atoms with Gasteiger partial charge in [0.2, 0.25) is 0 Å². The number of thiophene rings is 1. The van der Waals surface area contributed by atoms with E-state index in [1.165, 1.54) is 26.4 Å². The minimum Gasteiger partial charge on any atom is -0.312 e. The second-order valence-electron chi connectivity index (χ2n) is 4.77. The van der Waals surface area contributed by atoms with E-state index in [2.05, 4.69) is 56.4 Å². The predicted octanol–water partition coefficient (Wildman–Crippen LogP) is 4.70. The molecular weight excluding hydrogens is 238 g/mol. The molecule has 1 unspecified atom stereocenters. The smallest absolute Gasteiger partial charge is 0.0409 e. The highest BCUT2D eigenvalue weighted by Crippen LogP contribution is 2.34. The van der Waals surface area contributed by atoms with E-state index in [0.717, 1.165) is 6.42 Å². The molecule has 96 valence electrons. The summed E-state index contributed by atoms with van der Waals surface area (Å²) in [5.41, 5.74) is 4.05. The molecular formula is C16H21NS. The van der Waals surface area contributed by atoms with Crippen LogP contribution in [0, 0.1) is 13.8 Å². The van der Waals surface area contributed by atoms with Crippen molar-refractivity contribution in [2.24, 2.45) is 0 Å². The molecule has 1 atom stereocenters. The summed E-state index contributed by atoms with van der Waals surface area (Å²) in [7, 11) is 2.03. The quantitative estimate of drug-likeness (QED) is 0.839. The molecule has 0 fully saturated rings. The summed E-state index contributed by atoms with van der Waals surface area (Å²) in [5.74, 6) is 0. The number of hydrogen-bond acceptors (Lipinski definition) is 2. The largest absolute Gasteiger partial charge is 0.312 e. The molecule has 0 saturated carbocycles. The highest BCUT2D eigenvalue weighted by Gasteiger charge is 2.11. The van der Waals surface area contributed by atoms with Gasteiger partial charge in [-0.3, -0.25) is 0 Å². The average molecular weight is 259 g/mol. The third kappa shape index (κ3) is 2.65. The first-order valence-corrected chi connectivity index (χ1v) is 7.32. The molecule has 1 aromatic carbocycles. The fourth-order valence-corrected chi connectivity index (χ4v) is 3.61. The Morgan fingerprint density at radius 1 is 1.17 bits per heavy atom. The normalized spacial score (nSPS) is 12.7. The summed E-state index contributed by atoms with van der Waals surface area (Å²) in [5, 5.41) is 3.37. The average Bonchev–Trinajstić information content (AvgIpc) is 2.80. The van der Waals surface area contributed by atoms with Crippen molar-refractivity contribution >= 4 is 11.3 Å². The minimum atomic E-state index is 0.481. The third-order valence-corrected chi connectivity index (χ3v) is 4.61. The molecule has 0 amide bonds. The van der Waals surface area contributed by atoms with Gasteiger partial charge in [0.15, 0.2) is 0 Å². The van der Waals surface area contributed by atoms with Gasteiger partial charge in [-0.05, 0) is 50.6 Å². The topological polar surface area (TPSA) is 12.0 Å². The highest BCUT2D eigenvalue weighted by molar-refractivity contribution is 7.15. The molecule has 1 heterocycles. The van der Waals surface area contributed by atoms with Crippen molar-refractivity contribution in [2.75, 3.05) is 7.05 Å². The van der Waals surface area contributed by atoms with Crippen molar-refractivity contribution in [3.63, 3.8) is 0 Å². The minimum absolute atomic E-state index is 0.481. The second kappa shape index (κ2) is 5.68. The molecule has 0 aliphatic rings. The van der Waals surface area contributed by atoms with E-state index in [4.69, 9.17) is 0 Å². The number of rotatable bonds is 4. The van der Waals surface area contributed by atoms with Crippen LogP contribution in [0.15, 0.2) is 30.3 Å². The van der Waals surface area contributed by atoms with Crippen molar-refractivity contribution < 1.29 is 0 Å². The van der Waals surface area contributed by atoms with Gasteiger partial charge in [0.1, 0.15) is 0 Å². The van der Waals surface area contributed by atoms with E-state index in [1.54, 1.807) is 0 Å². The van der Waals surface area contributed by atoms with Crippen molar-refractivity contribution in [1.29, 1.82) is 0 Å². The van der Waals surface area contributed by atoms with Gasteiger partial charge in [0.05, 0.1) is 0 Å². The van der Waals surface area contributed by atoms with Gasteiger partial charge in [-0.15, -0.1) is 11.3 Å². The van der Waals surface area contributed by atoms with Crippen LogP contribution in [0.1, 0.15) is 35.4 Å². The van der Waals surface area contributed by atoms with Gasteiger partial charge in [-0.2, -0.15) is 0 Å². The summed E-state index contributed by atoms with van der Waals surface area (Å²) >= 11 is 1.90. The summed E-state index contributed by atoms with van der Waals surface area (Å²) < 4.78 is 0. The van der Waals surface area contributed by atoms with E-state index < -0.39 is 0 Å². The Bertz CT molecular complexity index is 524. The summed E-state index contributed by atoms with van der Waals surface area (Å²) in [6.07, 6.45) is 1.13. The lowest BCUT2D eigenvalue weighted by Gasteiger charge is -2.11. The van der Waals surface area contributed by atoms with E-state index in [9.17, 15) is 0 Å². The zero-order chi connectivity index (χ0) is 13.1. The molecule has 1 N–H and O–H groups in total. The summed E-state index contributed by atoms with van der Waals surface area (Å²) in [6.45, 7) is 6.56. The summed E-state index contributed by atoms with van der Waals surface area (Å²) in [4.78, 5) is 2.80.